The summed E-state index contributed by atoms with van der Waals surface area (Å²) in [5, 5.41) is 2.67. The number of benzene rings is 1. The van der Waals surface area contributed by atoms with Crippen molar-refractivity contribution in [2.45, 2.75) is 26.8 Å². The number of carbonyl (C=O) groups excluding carboxylic acids is 2. The van der Waals surface area contributed by atoms with E-state index in [0.717, 1.165) is 0 Å². The number of nitrogens with one attached hydrogen (secondary N) is 1. The molecule has 0 aliphatic carbocycles. The lowest BCUT2D eigenvalue weighted by molar-refractivity contribution is -0.129. The fraction of sp³-hybridized carbons (Fsp3) is 0.467. The van der Waals surface area contributed by atoms with Gasteiger partial charge in [0.1, 0.15) is 11.5 Å². The number of ketones is 1. The number of carbonyl (C=O) groups is 2. The second-order valence-corrected chi connectivity index (χ2v) is 4.87. The quantitative estimate of drug-likeness (QED) is 0.826. The van der Waals surface area contributed by atoms with Crippen LogP contribution in [-0.2, 0) is 9.59 Å². The van der Waals surface area contributed by atoms with Crippen molar-refractivity contribution in [3.63, 3.8) is 0 Å². The molecule has 1 amide bonds. The lowest BCUT2D eigenvalue weighted by Crippen LogP contribution is -2.45. The Morgan fingerprint density at radius 1 is 1.25 bits per heavy atom. The molecule has 0 radical (unpaired) electrons. The fourth-order valence-electron chi connectivity index (χ4n) is 1.79. The largest absolute Gasteiger partial charge is 0.497 e. The topological polar surface area (TPSA) is 64.6 Å². The average molecular weight is 279 g/mol. The van der Waals surface area contributed by atoms with E-state index in [1.165, 1.54) is 6.92 Å². The first kappa shape index (κ1) is 16.0. The van der Waals surface area contributed by atoms with Crippen LogP contribution >= 0.6 is 0 Å². The van der Waals surface area contributed by atoms with Crippen LogP contribution in [0.25, 0.3) is 0 Å². The van der Waals surface area contributed by atoms with Gasteiger partial charge in [-0.1, -0.05) is 19.9 Å². The summed E-state index contributed by atoms with van der Waals surface area (Å²) < 4.78 is 10.4. The van der Waals surface area contributed by atoms with Crippen LogP contribution in [0, 0.1) is 5.92 Å². The summed E-state index contributed by atoms with van der Waals surface area (Å²) >= 11 is 0. The number of Topliss-reactive ketones (excluding diaryl/α,β-unsaturated/α-hetero) is 1. The van der Waals surface area contributed by atoms with Gasteiger partial charge in [0.05, 0.1) is 13.2 Å². The van der Waals surface area contributed by atoms with E-state index in [9.17, 15) is 9.59 Å². The van der Waals surface area contributed by atoms with Crippen LogP contribution in [0.1, 0.15) is 20.8 Å². The minimum Gasteiger partial charge on any atom is -0.497 e. The first-order valence-corrected chi connectivity index (χ1v) is 6.50. The summed E-state index contributed by atoms with van der Waals surface area (Å²) in [7, 11) is 1.56. The molecule has 1 N–H and O–H groups in total. The zero-order chi connectivity index (χ0) is 15.1. The van der Waals surface area contributed by atoms with Crippen molar-refractivity contribution >= 4 is 11.7 Å². The Balaban J connectivity index is 2.52. The van der Waals surface area contributed by atoms with Crippen LogP contribution in [0.2, 0.25) is 0 Å². The zero-order valence-corrected chi connectivity index (χ0v) is 12.3. The second kappa shape index (κ2) is 7.53. The second-order valence-electron chi connectivity index (χ2n) is 4.87. The number of hydrogen-bond acceptors (Lipinski definition) is 4. The molecule has 0 saturated carbocycles. The van der Waals surface area contributed by atoms with Crippen LogP contribution in [0.4, 0.5) is 0 Å². The smallest absolute Gasteiger partial charge is 0.258 e. The van der Waals surface area contributed by atoms with E-state index in [1.807, 2.05) is 13.8 Å². The number of methoxy groups -OCH3 is 1. The third-order valence-corrected chi connectivity index (χ3v) is 2.83. The molecule has 1 aromatic carbocycles. The maximum Gasteiger partial charge on any atom is 0.258 e. The highest BCUT2D eigenvalue weighted by atomic mass is 16.5. The highest BCUT2D eigenvalue weighted by Gasteiger charge is 2.20. The number of amides is 1. The molecule has 0 bridgehead atoms. The standard InChI is InChI=1S/C15H21NO4/c1-10(2)15(11(3)17)16-14(18)9-20-13-7-5-6-12(8-13)19-4/h5-8,10,15H,9H2,1-4H3,(H,16,18). The molecule has 1 unspecified atom stereocenters. The van der Waals surface area contributed by atoms with Crippen LogP contribution in [0.5, 0.6) is 11.5 Å². The first-order valence-electron chi connectivity index (χ1n) is 6.50. The van der Waals surface area contributed by atoms with Gasteiger partial charge in [-0.2, -0.15) is 0 Å². The van der Waals surface area contributed by atoms with Crippen molar-refractivity contribution in [1.29, 1.82) is 0 Å². The predicted molar refractivity (Wildman–Crippen MR) is 75.9 cm³/mol. The third kappa shape index (κ3) is 4.91. The van der Waals surface area contributed by atoms with Gasteiger partial charge >= 0.3 is 0 Å². The Kier molecular flexibility index (Phi) is 6.03. The Labute approximate surface area is 119 Å². The number of rotatable bonds is 7. The van der Waals surface area contributed by atoms with E-state index in [2.05, 4.69) is 5.32 Å². The van der Waals surface area contributed by atoms with Gasteiger partial charge in [-0.3, -0.25) is 9.59 Å². The van der Waals surface area contributed by atoms with Crippen molar-refractivity contribution < 1.29 is 19.1 Å². The molecule has 0 aliphatic heterocycles. The Morgan fingerprint density at radius 3 is 2.45 bits per heavy atom. The normalized spacial score (nSPS) is 11.8. The predicted octanol–water partition coefficient (Wildman–Crippen LogP) is 1.80. The fourth-order valence-corrected chi connectivity index (χ4v) is 1.79. The van der Waals surface area contributed by atoms with Crippen molar-refractivity contribution in [1.82, 2.24) is 5.32 Å². The molecular weight excluding hydrogens is 258 g/mol. The number of hydrogen-bond donors (Lipinski definition) is 1. The van der Waals surface area contributed by atoms with Crippen molar-refractivity contribution in [2.24, 2.45) is 5.92 Å². The molecule has 5 nitrogen and oxygen atoms in total. The minimum absolute atomic E-state index is 0.0493. The highest BCUT2D eigenvalue weighted by Crippen LogP contribution is 2.18. The van der Waals surface area contributed by atoms with Crippen LogP contribution in [-0.4, -0.2) is 31.4 Å². The summed E-state index contributed by atoms with van der Waals surface area (Å²) in [6, 6.07) is 6.52. The molecule has 1 atom stereocenters. The Hall–Kier alpha value is -2.04. The van der Waals surface area contributed by atoms with Crippen LogP contribution < -0.4 is 14.8 Å². The number of ether oxygens (including phenoxy) is 2. The summed E-state index contributed by atoms with van der Waals surface area (Å²) in [4.78, 5) is 23.2. The molecule has 0 heterocycles. The molecule has 1 aromatic rings. The van der Waals surface area contributed by atoms with Gasteiger partial charge in [0, 0.05) is 6.07 Å². The summed E-state index contributed by atoms with van der Waals surface area (Å²) in [5.74, 6) is 0.875. The highest BCUT2D eigenvalue weighted by molar-refractivity contribution is 5.88. The van der Waals surface area contributed by atoms with Gasteiger partial charge in [0.2, 0.25) is 0 Å². The lowest BCUT2D eigenvalue weighted by Gasteiger charge is -2.19. The van der Waals surface area contributed by atoms with Crippen molar-refractivity contribution in [3.05, 3.63) is 24.3 Å². The Morgan fingerprint density at radius 2 is 1.90 bits per heavy atom. The third-order valence-electron chi connectivity index (χ3n) is 2.83. The molecule has 110 valence electrons. The van der Waals surface area contributed by atoms with Gasteiger partial charge in [-0.05, 0) is 25.0 Å². The summed E-state index contributed by atoms with van der Waals surface area (Å²) in [6.45, 7) is 5.10. The maximum atomic E-state index is 11.8. The van der Waals surface area contributed by atoms with E-state index in [-0.39, 0.29) is 24.2 Å². The molecule has 0 spiro atoms. The van der Waals surface area contributed by atoms with Gasteiger partial charge < -0.3 is 14.8 Å². The maximum absolute atomic E-state index is 11.8. The van der Waals surface area contributed by atoms with E-state index in [4.69, 9.17) is 9.47 Å². The van der Waals surface area contributed by atoms with Gasteiger partial charge in [-0.25, -0.2) is 0 Å². The molecule has 0 aromatic heterocycles. The zero-order valence-electron chi connectivity index (χ0n) is 12.3. The monoisotopic (exact) mass is 279 g/mol. The van der Waals surface area contributed by atoms with Crippen molar-refractivity contribution in [3.8, 4) is 11.5 Å². The molecule has 5 heteroatoms. The average Bonchev–Trinajstić information content (AvgIpc) is 2.42. The Bertz CT molecular complexity index is 471. The molecule has 20 heavy (non-hydrogen) atoms. The molecule has 0 fully saturated rings. The SMILES string of the molecule is COc1cccc(OCC(=O)NC(C(C)=O)C(C)C)c1. The van der Waals surface area contributed by atoms with E-state index in [1.54, 1.807) is 31.4 Å². The van der Waals surface area contributed by atoms with E-state index >= 15 is 0 Å². The minimum atomic E-state index is -0.476. The van der Waals surface area contributed by atoms with E-state index in [0.29, 0.717) is 11.5 Å². The van der Waals surface area contributed by atoms with Crippen LogP contribution in [0.15, 0.2) is 24.3 Å². The van der Waals surface area contributed by atoms with Crippen molar-refractivity contribution in [2.75, 3.05) is 13.7 Å². The van der Waals surface area contributed by atoms with Gasteiger partial charge in [0.25, 0.3) is 5.91 Å². The van der Waals surface area contributed by atoms with Gasteiger partial charge in [-0.15, -0.1) is 0 Å². The summed E-state index contributed by atoms with van der Waals surface area (Å²) in [6.07, 6.45) is 0. The van der Waals surface area contributed by atoms with E-state index < -0.39 is 6.04 Å². The first-order chi connectivity index (χ1) is 9.43. The molecule has 1 rings (SSSR count). The van der Waals surface area contributed by atoms with Crippen LogP contribution in [0.3, 0.4) is 0 Å². The summed E-state index contributed by atoms with van der Waals surface area (Å²) in [5.41, 5.74) is 0. The molecular formula is C15H21NO4. The molecule has 0 saturated heterocycles. The molecule has 0 aliphatic rings. The lowest BCUT2D eigenvalue weighted by atomic mass is 10.0. The van der Waals surface area contributed by atoms with Gasteiger partial charge in [0.15, 0.2) is 12.4 Å².